The van der Waals surface area contributed by atoms with Gasteiger partial charge in [0.2, 0.25) is 0 Å². The van der Waals surface area contributed by atoms with Crippen molar-refractivity contribution in [2.75, 3.05) is 20.8 Å². The van der Waals surface area contributed by atoms with Crippen molar-refractivity contribution in [1.29, 1.82) is 0 Å². The Hall–Kier alpha value is -2.86. The molecule has 0 bridgehead atoms. The van der Waals surface area contributed by atoms with Gasteiger partial charge in [0, 0.05) is 5.56 Å². The van der Waals surface area contributed by atoms with E-state index in [2.05, 4.69) is 50.4 Å². The third-order valence-electron chi connectivity index (χ3n) is 5.68. The fourth-order valence-corrected chi connectivity index (χ4v) is 3.77. The average molecular weight is 411 g/mol. The summed E-state index contributed by atoms with van der Waals surface area (Å²) in [6, 6.07) is 15.4. The minimum Gasteiger partial charge on any atom is -0.497 e. The van der Waals surface area contributed by atoms with Gasteiger partial charge in [-0.1, -0.05) is 57.2 Å². The van der Waals surface area contributed by atoms with Gasteiger partial charge in [-0.05, 0) is 35.6 Å². The number of urea groups is 1. The first-order chi connectivity index (χ1) is 14.0. The minimum absolute atomic E-state index is 0.113. The molecule has 6 nitrogen and oxygen atoms in total. The molecule has 0 aromatic heterocycles. The first-order valence-corrected chi connectivity index (χ1v) is 10.2. The molecule has 1 unspecified atom stereocenters. The Balaban J connectivity index is 1.70. The van der Waals surface area contributed by atoms with Crippen LogP contribution in [-0.2, 0) is 22.3 Å². The molecule has 160 valence electrons. The summed E-state index contributed by atoms with van der Waals surface area (Å²) in [6.45, 7) is 9.33. The van der Waals surface area contributed by atoms with E-state index in [0.717, 1.165) is 11.4 Å². The van der Waals surface area contributed by atoms with Crippen LogP contribution in [0.3, 0.4) is 0 Å². The number of carbonyl (C=O) groups excluding carboxylic acids is 2. The Morgan fingerprint density at radius 2 is 1.77 bits per heavy atom. The number of benzene rings is 2. The van der Waals surface area contributed by atoms with Gasteiger partial charge in [-0.3, -0.25) is 4.79 Å². The molecule has 2 aromatic carbocycles. The van der Waals surface area contributed by atoms with E-state index in [0.29, 0.717) is 18.0 Å². The summed E-state index contributed by atoms with van der Waals surface area (Å²) in [5.74, 6) is 0.402. The maximum absolute atomic E-state index is 13.2. The van der Waals surface area contributed by atoms with E-state index < -0.39 is 5.54 Å². The second kappa shape index (κ2) is 8.11. The van der Waals surface area contributed by atoms with E-state index in [4.69, 9.17) is 4.74 Å². The minimum atomic E-state index is -1.10. The van der Waals surface area contributed by atoms with Gasteiger partial charge in [-0.15, -0.1) is 0 Å². The summed E-state index contributed by atoms with van der Waals surface area (Å²) >= 11 is 0. The topological polar surface area (TPSA) is 63.1 Å². The molecular weight excluding hydrogens is 378 g/mol. The number of quaternary nitrogens is 1. The fraction of sp³-hybridized carbons (Fsp3) is 0.417. The largest absolute Gasteiger partial charge is 0.497 e. The van der Waals surface area contributed by atoms with Gasteiger partial charge in [0.25, 0.3) is 5.91 Å². The van der Waals surface area contributed by atoms with Crippen LogP contribution in [-0.4, -0.2) is 37.7 Å². The summed E-state index contributed by atoms with van der Waals surface area (Å²) in [6.07, 6.45) is 0. The van der Waals surface area contributed by atoms with Gasteiger partial charge in [0.1, 0.15) is 17.8 Å². The third kappa shape index (κ3) is 4.33. The molecule has 30 heavy (non-hydrogen) atoms. The van der Waals surface area contributed by atoms with Crippen LogP contribution < -0.4 is 15.0 Å². The zero-order chi connectivity index (χ0) is 22.1. The molecule has 1 heterocycles. The number of nitrogens with one attached hydrogen (secondary N) is 2. The predicted octanol–water partition coefficient (Wildman–Crippen LogP) is 2.43. The van der Waals surface area contributed by atoms with Crippen molar-refractivity contribution in [3.05, 3.63) is 65.2 Å². The first-order valence-electron chi connectivity index (χ1n) is 10.2. The van der Waals surface area contributed by atoms with Crippen LogP contribution in [0, 0.1) is 0 Å². The highest BCUT2D eigenvalue weighted by atomic mass is 16.5. The second-order valence-corrected chi connectivity index (χ2v) is 9.26. The zero-order valence-corrected chi connectivity index (χ0v) is 18.7. The molecule has 0 radical (unpaired) electrons. The molecule has 6 heteroatoms. The number of hydrogen-bond acceptors (Lipinski definition) is 3. The van der Waals surface area contributed by atoms with Crippen molar-refractivity contribution in [3.8, 4) is 5.75 Å². The molecule has 2 N–H and O–H groups in total. The van der Waals surface area contributed by atoms with E-state index in [-0.39, 0.29) is 17.4 Å². The number of rotatable bonds is 6. The molecule has 1 fully saturated rings. The zero-order valence-electron chi connectivity index (χ0n) is 18.7. The molecule has 3 amide bonds. The molecule has 1 aliphatic heterocycles. The number of carbonyl (C=O) groups is 2. The lowest BCUT2D eigenvalue weighted by Gasteiger charge is -2.24. The Morgan fingerprint density at radius 1 is 1.10 bits per heavy atom. The quantitative estimate of drug-likeness (QED) is 0.719. The summed E-state index contributed by atoms with van der Waals surface area (Å²) in [5, 5.41) is 2.86. The van der Waals surface area contributed by atoms with E-state index in [9.17, 15) is 9.59 Å². The van der Waals surface area contributed by atoms with Crippen molar-refractivity contribution in [1.82, 2.24) is 10.2 Å². The predicted molar refractivity (Wildman–Crippen MR) is 116 cm³/mol. The van der Waals surface area contributed by atoms with Gasteiger partial charge in [0.15, 0.2) is 6.67 Å². The molecule has 0 saturated carbocycles. The average Bonchev–Trinajstić information content (AvgIpc) is 2.92. The highest BCUT2D eigenvalue weighted by Crippen LogP contribution is 2.30. The van der Waals surface area contributed by atoms with Gasteiger partial charge < -0.3 is 15.0 Å². The van der Waals surface area contributed by atoms with Gasteiger partial charge in [-0.25, -0.2) is 9.69 Å². The third-order valence-corrected chi connectivity index (χ3v) is 5.68. The van der Waals surface area contributed by atoms with Crippen molar-refractivity contribution in [2.45, 2.75) is 45.2 Å². The van der Waals surface area contributed by atoms with E-state index in [1.165, 1.54) is 16.0 Å². The highest BCUT2D eigenvalue weighted by molar-refractivity contribution is 6.07. The lowest BCUT2D eigenvalue weighted by atomic mass is 9.87. The van der Waals surface area contributed by atoms with Crippen molar-refractivity contribution in [2.24, 2.45) is 0 Å². The van der Waals surface area contributed by atoms with E-state index in [1.807, 2.05) is 25.2 Å². The second-order valence-electron chi connectivity index (χ2n) is 9.26. The summed E-state index contributed by atoms with van der Waals surface area (Å²) < 4.78 is 5.27. The molecule has 1 aliphatic rings. The molecule has 0 spiro atoms. The summed E-state index contributed by atoms with van der Waals surface area (Å²) in [7, 11) is 3.56. The van der Waals surface area contributed by atoms with Crippen molar-refractivity contribution < 1.29 is 19.2 Å². The monoisotopic (exact) mass is 410 g/mol. The van der Waals surface area contributed by atoms with Crippen LogP contribution in [0.2, 0.25) is 0 Å². The molecule has 2 atom stereocenters. The van der Waals surface area contributed by atoms with Crippen LogP contribution in [0.5, 0.6) is 5.75 Å². The first kappa shape index (κ1) is 21.8. The van der Waals surface area contributed by atoms with Crippen LogP contribution in [0.1, 0.15) is 44.4 Å². The lowest BCUT2D eigenvalue weighted by molar-refractivity contribution is -0.901. The molecule has 1 saturated heterocycles. The molecular formula is C24H32N3O3+. The van der Waals surface area contributed by atoms with Crippen molar-refractivity contribution in [3.63, 3.8) is 0 Å². The molecule has 0 aliphatic carbocycles. The van der Waals surface area contributed by atoms with Gasteiger partial charge >= 0.3 is 6.03 Å². The van der Waals surface area contributed by atoms with Gasteiger partial charge in [0.05, 0.1) is 14.2 Å². The van der Waals surface area contributed by atoms with Crippen LogP contribution in [0.15, 0.2) is 48.5 Å². The summed E-state index contributed by atoms with van der Waals surface area (Å²) in [5.41, 5.74) is 2.18. The number of methoxy groups -OCH3 is 1. The Labute approximate surface area is 178 Å². The molecule has 2 aromatic rings. The maximum atomic E-state index is 13.2. The number of ether oxygens (including phenoxy) is 1. The van der Waals surface area contributed by atoms with Crippen LogP contribution >= 0.6 is 0 Å². The normalized spacial score (nSPS) is 20.3. The Kier molecular flexibility index (Phi) is 5.90. The number of hydrogen-bond donors (Lipinski definition) is 2. The van der Waals surface area contributed by atoms with E-state index >= 15 is 0 Å². The van der Waals surface area contributed by atoms with Crippen molar-refractivity contribution >= 4 is 11.9 Å². The Bertz CT molecular complexity index is 933. The van der Waals surface area contributed by atoms with Crippen LogP contribution in [0.4, 0.5) is 4.79 Å². The fourth-order valence-electron chi connectivity index (χ4n) is 3.77. The number of nitrogens with zero attached hydrogens (tertiary/aromatic N) is 1. The molecule has 3 rings (SSSR count). The van der Waals surface area contributed by atoms with E-state index in [1.54, 1.807) is 20.1 Å². The highest BCUT2D eigenvalue weighted by Gasteiger charge is 2.50. The maximum Gasteiger partial charge on any atom is 0.329 e. The summed E-state index contributed by atoms with van der Waals surface area (Å²) in [4.78, 5) is 28.1. The van der Waals surface area contributed by atoms with Crippen LogP contribution in [0.25, 0.3) is 0 Å². The van der Waals surface area contributed by atoms with Gasteiger partial charge in [-0.2, -0.15) is 0 Å². The Morgan fingerprint density at radius 3 is 2.37 bits per heavy atom. The SMILES string of the molecule is COc1cccc([C@]2(C)NC(=O)N(C[NH+](C)Cc3ccc(C(C)(C)C)cc3)C2=O)c1. The smallest absolute Gasteiger partial charge is 0.329 e. The number of amides is 3. The standard InChI is InChI=1S/C24H31N3O3/c1-23(2,3)18-12-10-17(11-13-18)15-26(5)16-27-21(28)24(4,25-22(27)29)19-8-7-9-20(14-19)30-6/h7-14H,15-16H2,1-6H3,(H,25,29)/p+1/t24-/m0/s1. The number of imide groups is 1. The lowest BCUT2D eigenvalue weighted by Crippen LogP contribution is -3.09.